The molecule has 1 amide bonds. The van der Waals surface area contributed by atoms with Crippen molar-refractivity contribution < 1.29 is 14.7 Å². The number of rotatable bonds is 3. The third-order valence-electron chi connectivity index (χ3n) is 3.35. The number of aliphatic carboxylic acids is 1. The molecule has 108 valence electrons. The summed E-state index contributed by atoms with van der Waals surface area (Å²) in [6.07, 6.45) is 3.74. The molecule has 1 unspecified atom stereocenters. The van der Waals surface area contributed by atoms with E-state index in [1.54, 1.807) is 4.90 Å². The van der Waals surface area contributed by atoms with Gasteiger partial charge in [-0.1, -0.05) is 23.2 Å². The molecule has 20 heavy (non-hydrogen) atoms. The Balaban J connectivity index is 2.25. The Morgan fingerprint density at radius 2 is 2.15 bits per heavy atom. The lowest BCUT2D eigenvalue weighted by molar-refractivity contribution is -0.138. The summed E-state index contributed by atoms with van der Waals surface area (Å²) in [6.45, 7) is 0.535. The Hall–Kier alpha value is -1.33. The molecular formula is C13H14Cl2N2O3. The van der Waals surface area contributed by atoms with Crippen molar-refractivity contribution >= 4 is 35.1 Å². The molecule has 0 bridgehead atoms. The number of nitrogens with zero attached hydrogens (tertiary/aromatic N) is 2. The molecule has 1 fully saturated rings. The number of hydrogen-bond acceptors (Lipinski definition) is 3. The molecule has 1 aromatic rings. The molecule has 0 aromatic carbocycles. The lowest BCUT2D eigenvalue weighted by Gasteiger charge is -2.35. The van der Waals surface area contributed by atoms with E-state index in [2.05, 4.69) is 4.98 Å². The summed E-state index contributed by atoms with van der Waals surface area (Å²) in [6, 6.07) is 1.12. The standard InChI is InChI=1S/C13H14Cl2N2O3/c14-10-7-16-11(15)6-9(10)13(20)17-4-2-1-3-8(17)5-12(18)19/h6-8H,1-5H2,(H,18,19). The molecule has 1 N–H and O–H groups in total. The zero-order chi connectivity index (χ0) is 14.7. The van der Waals surface area contributed by atoms with Gasteiger partial charge in [0.25, 0.3) is 5.91 Å². The van der Waals surface area contributed by atoms with Gasteiger partial charge in [0.15, 0.2) is 0 Å². The highest BCUT2D eigenvalue weighted by Crippen LogP contribution is 2.25. The lowest BCUT2D eigenvalue weighted by Crippen LogP contribution is -2.44. The minimum absolute atomic E-state index is 0.0534. The van der Waals surface area contributed by atoms with Gasteiger partial charge < -0.3 is 10.0 Å². The molecule has 0 aliphatic carbocycles. The van der Waals surface area contributed by atoms with Crippen LogP contribution in [0.15, 0.2) is 12.3 Å². The zero-order valence-corrected chi connectivity index (χ0v) is 12.2. The highest BCUT2D eigenvalue weighted by Gasteiger charge is 2.30. The number of carbonyl (C=O) groups excluding carboxylic acids is 1. The van der Waals surface area contributed by atoms with Crippen molar-refractivity contribution in [3.63, 3.8) is 0 Å². The van der Waals surface area contributed by atoms with E-state index in [4.69, 9.17) is 28.3 Å². The van der Waals surface area contributed by atoms with Crippen molar-refractivity contribution in [1.82, 2.24) is 9.88 Å². The number of carboxylic acids is 1. The zero-order valence-electron chi connectivity index (χ0n) is 10.7. The highest BCUT2D eigenvalue weighted by molar-refractivity contribution is 6.35. The van der Waals surface area contributed by atoms with E-state index in [0.717, 1.165) is 12.8 Å². The molecule has 7 heteroatoms. The molecule has 5 nitrogen and oxygen atoms in total. The first-order valence-electron chi connectivity index (χ1n) is 6.33. The van der Waals surface area contributed by atoms with Crippen LogP contribution in [0.4, 0.5) is 0 Å². The number of piperidine rings is 1. The lowest BCUT2D eigenvalue weighted by atomic mass is 9.98. The van der Waals surface area contributed by atoms with Crippen LogP contribution in [0.3, 0.4) is 0 Å². The molecule has 2 rings (SSSR count). The maximum absolute atomic E-state index is 12.5. The van der Waals surface area contributed by atoms with Crippen LogP contribution in [0.1, 0.15) is 36.0 Å². The van der Waals surface area contributed by atoms with E-state index in [1.807, 2.05) is 0 Å². The first-order chi connectivity index (χ1) is 9.49. The molecule has 2 heterocycles. The molecule has 0 saturated carbocycles. The number of carbonyl (C=O) groups is 2. The largest absolute Gasteiger partial charge is 0.481 e. The van der Waals surface area contributed by atoms with E-state index in [9.17, 15) is 9.59 Å². The maximum Gasteiger partial charge on any atom is 0.305 e. The van der Waals surface area contributed by atoms with Crippen molar-refractivity contribution in [2.75, 3.05) is 6.54 Å². The second kappa shape index (κ2) is 6.41. The summed E-state index contributed by atoms with van der Waals surface area (Å²) < 4.78 is 0. The fourth-order valence-electron chi connectivity index (χ4n) is 2.41. The van der Waals surface area contributed by atoms with Crippen molar-refractivity contribution in [3.8, 4) is 0 Å². The number of likely N-dealkylation sites (tertiary alicyclic amines) is 1. The third-order valence-corrected chi connectivity index (χ3v) is 3.86. The third kappa shape index (κ3) is 3.41. The number of carboxylic acid groups (broad SMARTS) is 1. The SMILES string of the molecule is O=C(O)CC1CCCCN1C(=O)c1cc(Cl)ncc1Cl. The van der Waals surface area contributed by atoms with E-state index >= 15 is 0 Å². The Labute approximate surface area is 126 Å². The fourth-order valence-corrected chi connectivity index (χ4v) is 2.76. The summed E-state index contributed by atoms with van der Waals surface area (Å²) in [5.41, 5.74) is 0.268. The van der Waals surface area contributed by atoms with Crippen LogP contribution in [0, 0.1) is 0 Å². The molecule has 0 spiro atoms. The second-order valence-corrected chi connectivity index (χ2v) is 5.53. The van der Waals surface area contributed by atoms with Gasteiger partial charge in [0.2, 0.25) is 0 Å². The first-order valence-corrected chi connectivity index (χ1v) is 7.08. The van der Waals surface area contributed by atoms with Crippen LogP contribution in [0.25, 0.3) is 0 Å². The summed E-state index contributed by atoms with van der Waals surface area (Å²) in [5, 5.41) is 9.35. The number of pyridine rings is 1. The van der Waals surface area contributed by atoms with Crippen LogP contribution in [0.2, 0.25) is 10.2 Å². The van der Waals surface area contributed by atoms with Crippen LogP contribution in [-0.2, 0) is 4.79 Å². The Kier molecular flexibility index (Phi) is 4.83. The second-order valence-electron chi connectivity index (χ2n) is 4.73. The normalized spacial score (nSPS) is 18.9. The number of amides is 1. The molecule has 1 aromatic heterocycles. The van der Waals surface area contributed by atoms with Crippen molar-refractivity contribution in [2.24, 2.45) is 0 Å². The van der Waals surface area contributed by atoms with Gasteiger partial charge in [0.05, 0.1) is 17.0 Å². The Morgan fingerprint density at radius 3 is 2.85 bits per heavy atom. The topological polar surface area (TPSA) is 70.5 Å². The van der Waals surface area contributed by atoms with Gasteiger partial charge in [-0.3, -0.25) is 9.59 Å². The van der Waals surface area contributed by atoms with E-state index < -0.39 is 5.97 Å². The summed E-state index contributed by atoms with van der Waals surface area (Å²) >= 11 is 11.8. The number of aromatic nitrogens is 1. The number of halogens is 2. The molecule has 1 aliphatic rings. The monoisotopic (exact) mass is 316 g/mol. The smallest absolute Gasteiger partial charge is 0.305 e. The van der Waals surface area contributed by atoms with E-state index in [0.29, 0.717) is 13.0 Å². The van der Waals surface area contributed by atoms with Gasteiger partial charge in [0.1, 0.15) is 5.15 Å². The predicted molar refractivity (Wildman–Crippen MR) is 75.2 cm³/mol. The molecule has 1 aliphatic heterocycles. The van der Waals surface area contributed by atoms with Crippen LogP contribution < -0.4 is 0 Å². The highest BCUT2D eigenvalue weighted by atomic mass is 35.5. The van der Waals surface area contributed by atoms with Crippen LogP contribution in [0.5, 0.6) is 0 Å². The van der Waals surface area contributed by atoms with Gasteiger partial charge in [-0.2, -0.15) is 0 Å². The van der Waals surface area contributed by atoms with Crippen molar-refractivity contribution in [2.45, 2.75) is 31.7 Å². The number of hydrogen-bond donors (Lipinski definition) is 1. The minimum atomic E-state index is -0.909. The quantitative estimate of drug-likeness (QED) is 0.870. The first kappa shape index (κ1) is 15.1. The molecule has 0 radical (unpaired) electrons. The van der Waals surface area contributed by atoms with Crippen LogP contribution in [-0.4, -0.2) is 39.5 Å². The fraction of sp³-hybridized carbons (Fsp3) is 0.462. The summed E-state index contributed by atoms with van der Waals surface area (Å²) in [7, 11) is 0. The molecule has 1 atom stereocenters. The van der Waals surface area contributed by atoms with Crippen molar-refractivity contribution in [3.05, 3.63) is 28.0 Å². The van der Waals surface area contributed by atoms with Gasteiger partial charge in [-0.15, -0.1) is 0 Å². The van der Waals surface area contributed by atoms with Gasteiger partial charge in [-0.25, -0.2) is 4.98 Å². The summed E-state index contributed by atoms with van der Waals surface area (Å²) in [4.78, 5) is 28.8. The molecule has 1 saturated heterocycles. The Morgan fingerprint density at radius 1 is 1.40 bits per heavy atom. The average molecular weight is 317 g/mol. The molecular weight excluding hydrogens is 303 g/mol. The van der Waals surface area contributed by atoms with Crippen LogP contribution >= 0.6 is 23.2 Å². The Bertz CT molecular complexity index is 536. The van der Waals surface area contributed by atoms with E-state index in [-0.39, 0.29) is 34.1 Å². The van der Waals surface area contributed by atoms with Crippen molar-refractivity contribution in [1.29, 1.82) is 0 Å². The van der Waals surface area contributed by atoms with Gasteiger partial charge in [-0.05, 0) is 25.3 Å². The average Bonchev–Trinajstić information content (AvgIpc) is 2.41. The van der Waals surface area contributed by atoms with E-state index in [1.165, 1.54) is 12.3 Å². The summed E-state index contributed by atoms with van der Waals surface area (Å²) in [5.74, 6) is -1.20. The predicted octanol–water partition coefficient (Wildman–Crippen LogP) is 2.86. The minimum Gasteiger partial charge on any atom is -0.481 e. The maximum atomic E-state index is 12.5. The van der Waals surface area contributed by atoms with Gasteiger partial charge >= 0.3 is 5.97 Å². The van der Waals surface area contributed by atoms with Gasteiger partial charge in [0, 0.05) is 18.8 Å².